The first-order chi connectivity index (χ1) is 8.39. The van der Waals surface area contributed by atoms with Crippen molar-refractivity contribution in [2.24, 2.45) is 0 Å². The standard InChI is InChI=1S/2C6H16N.C4H8N.ClH/c2*1-5-6-7(2,3)4;1-4(2)3-5;/h2*5-6H2,1-4H3;3,5H,1-2H3;1H/q2*+1;-1;/p-1. The molecule has 0 fully saturated rings. The first-order valence-corrected chi connectivity index (χ1v) is 7.31. The zero-order valence-corrected chi connectivity index (χ0v) is 16.4. The molecule has 0 aliphatic heterocycles. The van der Waals surface area contributed by atoms with Crippen molar-refractivity contribution in [3.8, 4) is 0 Å². The SMILES string of the molecule is CC(C)=C[NH-].CCC[N+](C)(C)C.CCC[N+](C)(C)C.[Cl-]. The zero-order valence-electron chi connectivity index (χ0n) is 15.7. The highest BCUT2D eigenvalue weighted by molar-refractivity contribution is 4.95. The molecule has 20 heavy (non-hydrogen) atoms. The summed E-state index contributed by atoms with van der Waals surface area (Å²) in [5, 5.41) is 0. The molecule has 3 nitrogen and oxygen atoms in total. The van der Waals surface area contributed by atoms with Crippen molar-refractivity contribution >= 4 is 0 Å². The van der Waals surface area contributed by atoms with Crippen molar-refractivity contribution in [3.05, 3.63) is 17.5 Å². The summed E-state index contributed by atoms with van der Waals surface area (Å²) in [7, 11) is 13.3. The number of rotatable bonds is 4. The lowest BCUT2D eigenvalue weighted by Crippen LogP contribution is -3.00. The third-order valence-corrected chi connectivity index (χ3v) is 2.08. The molecule has 4 heteroatoms. The van der Waals surface area contributed by atoms with Crippen LogP contribution in [0.15, 0.2) is 11.8 Å². The Labute approximate surface area is 135 Å². The second kappa shape index (κ2) is 15.1. The fourth-order valence-electron chi connectivity index (χ4n) is 1.34. The lowest BCUT2D eigenvalue weighted by atomic mass is 10.4. The molecule has 0 saturated heterocycles. The van der Waals surface area contributed by atoms with Crippen molar-refractivity contribution < 1.29 is 21.4 Å². The van der Waals surface area contributed by atoms with Crippen LogP contribution in [0.5, 0.6) is 0 Å². The summed E-state index contributed by atoms with van der Waals surface area (Å²) in [4.78, 5) is 0. The fraction of sp³-hybridized carbons (Fsp3) is 0.875. The summed E-state index contributed by atoms with van der Waals surface area (Å²) in [5.41, 5.74) is 7.54. The largest absolute Gasteiger partial charge is 1.00 e. The molecule has 0 aliphatic carbocycles. The lowest BCUT2D eigenvalue weighted by Gasteiger charge is -2.22. The van der Waals surface area contributed by atoms with E-state index in [2.05, 4.69) is 56.1 Å². The molecular formula is C16H40ClN3. The second-order valence-corrected chi connectivity index (χ2v) is 7.25. The molecule has 0 spiro atoms. The van der Waals surface area contributed by atoms with E-state index in [0.29, 0.717) is 0 Å². The van der Waals surface area contributed by atoms with Crippen LogP contribution in [0, 0.1) is 0 Å². The number of hydrogen-bond donors (Lipinski definition) is 0. The van der Waals surface area contributed by atoms with Crippen LogP contribution in [0.1, 0.15) is 40.5 Å². The van der Waals surface area contributed by atoms with Crippen molar-refractivity contribution in [3.63, 3.8) is 0 Å². The van der Waals surface area contributed by atoms with Crippen molar-refractivity contribution in [1.82, 2.24) is 0 Å². The third kappa shape index (κ3) is 52.4. The number of hydrogen-bond acceptors (Lipinski definition) is 0. The van der Waals surface area contributed by atoms with Gasteiger partial charge < -0.3 is 27.1 Å². The predicted octanol–water partition coefficient (Wildman–Crippen LogP) is 1.17. The highest BCUT2D eigenvalue weighted by Gasteiger charge is 2.01. The summed E-state index contributed by atoms with van der Waals surface area (Å²) in [6.07, 6.45) is 3.90. The van der Waals surface area contributed by atoms with E-state index in [9.17, 15) is 0 Å². The summed E-state index contributed by atoms with van der Waals surface area (Å²) < 4.78 is 2.19. The Hall–Kier alpha value is -0.250. The number of quaternary nitrogens is 2. The van der Waals surface area contributed by atoms with Crippen molar-refractivity contribution in [2.45, 2.75) is 40.5 Å². The van der Waals surface area contributed by atoms with Crippen LogP contribution in [-0.2, 0) is 0 Å². The molecule has 0 aromatic carbocycles. The Morgan fingerprint density at radius 2 is 1.00 bits per heavy atom. The quantitative estimate of drug-likeness (QED) is 0.696. The molecule has 0 amide bonds. The monoisotopic (exact) mass is 309 g/mol. The normalized spacial score (nSPS) is 10.1. The van der Waals surface area contributed by atoms with Gasteiger partial charge in [-0.3, -0.25) is 0 Å². The Morgan fingerprint density at radius 3 is 1.00 bits per heavy atom. The van der Waals surface area contributed by atoms with Gasteiger partial charge in [0.1, 0.15) is 0 Å². The molecule has 0 bridgehead atoms. The van der Waals surface area contributed by atoms with E-state index in [1.165, 1.54) is 32.1 Å². The van der Waals surface area contributed by atoms with E-state index in [1.807, 2.05) is 13.8 Å². The van der Waals surface area contributed by atoms with Gasteiger partial charge in [-0.2, -0.15) is 6.20 Å². The minimum Gasteiger partial charge on any atom is -1.00 e. The number of halogens is 1. The van der Waals surface area contributed by atoms with Gasteiger partial charge >= 0.3 is 0 Å². The van der Waals surface area contributed by atoms with E-state index in [1.54, 1.807) is 0 Å². The van der Waals surface area contributed by atoms with E-state index >= 15 is 0 Å². The molecule has 0 radical (unpaired) electrons. The van der Waals surface area contributed by atoms with Gasteiger partial charge in [-0.15, -0.1) is 0 Å². The lowest BCUT2D eigenvalue weighted by molar-refractivity contribution is -0.870. The van der Waals surface area contributed by atoms with E-state index < -0.39 is 0 Å². The molecule has 126 valence electrons. The molecule has 0 atom stereocenters. The third-order valence-electron chi connectivity index (χ3n) is 2.08. The van der Waals surface area contributed by atoms with Gasteiger partial charge in [-0.1, -0.05) is 19.4 Å². The Bertz CT molecular complexity index is 193. The highest BCUT2D eigenvalue weighted by Crippen LogP contribution is 1.90. The van der Waals surface area contributed by atoms with Crippen LogP contribution in [0.4, 0.5) is 0 Å². The van der Waals surface area contributed by atoms with Gasteiger partial charge in [0.15, 0.2) is 0 Å². The van der Waals surface area contributed by atoms with Crippen molar-refractivity contribution in [2.75, 3.05) is 55.4 Å². The molecule has 0 aromatic heterocycles. The zero-order chi connectivity index (χ0) is 16.1. The van der Waals surface area contributed by atoms with E-state index in [0.717, 1.165) is 14.5 Å². The maximum atomic E-state index is 6.50. The van der Waals surface area contributed by atoms with Crippen molar-refractivity contribution in [1.29, 1.82) is 0 Å². The number of nitrogens with zero attached hydrogens (tertiary/aromatic N) is 2. The maximum absolute atomic E-state index is 6.50. The first-order valence-electron chi connectivity index (χ1n) is 7.31. The number of allylic oxidation sites excluding steroid dienone is 1. The molecule has 1 N–H and O–H groups in total. The summed E-state index contributed by atoms with van der Waals surface area (Å²) in [5.74, 6) is 0. The predicted molar refractivity (Wildman–Crippen MR) is 90.1 cm³/mol. The minimum absolute atomic E-state index is 0. The van der Waals surface area contributed by atoms with Gasteiger partial charge in [0, 0.05) is 0 Å². The highest BCUT2D eigenvalue weighted by atomic mass is 35.5. The molecule has 0 heterocycles. The molecule has 0 aliphatic rings. The molecule has 0 aromatic rings. The first kappa shape index (κ1) is 28.0. The minimum atomic E-state index is 0. The van der Waals surface area contributed by atoms with Gasteiger partial charge in [-0.05, 0) is 26.7 Å². The Morgan fingerprint density at radius 1 is 0.800 bits per heavy atom. The van der Waals surface area contributed by atoms with Gasteiger partial charge in [0.2, 0.25) is 0 Å². The van der Waals surface area contributed by atoms with E-state index in [4.69, 9.17) is 5.73 Å². The Balaban J connectivity index is -0.0000000952. The van der Waals surface area contributed by atoms with Gasteiger partial charge in [0.05, 0.1) is 55.4 Å². The maximum Gasteiger partial charge on any atom is 0.0777 e. The van der Waals surface area contributed by atoms with Gasteiger partial charge in [-0.25, -0.2) is 0 Å². The molecular weight excluding hydrogens is 270 g/mol. The average Bonchev–Trinajstić information content (AvgIpc) is 2.15. The van der Waals surface area contributed by atoms with Crippen LogP contribution in [0.25, 0.3) is 5.73 Å². The molecule has 0 unspecified atom stereocenters. The van der Waals surface area contributed by atoms with Crippen LogP contribution >= 0.6 is 0 Å². The summed E-state index contributed by atoms with van der Waals surface area (Å²) >= 11 is 0. The van der Waals surface area contributed by atoms with Gasteiger partial charge in [0.25, 0.3) is 0 Å². The fourth-order valence-corrected chi connectivity index (χ4v) is 1.34. The number of nitrogens with one attached hydrogen (secondary N) is 1. The Kier molecular flexibility index (Phi) is 21.2. The molecule has 0 saturated carbocycles. The smallest absolute Gasteiger partial charge is 0.0777 e. The van der Waals surface area contributed by atoms with Crippen LogP contribution in [0.2, 0.25) is 0 Å². The second-order valence-electron chi connectivity index (χ2n) is 7.25. The van der Waals surface area contributed by atoms with Crippen LogP contribution in [-0.4, -0.2) is 64.3 Å². The molecule has 0 rings (SSSR count). The summed E-state index contributed by atoms with van der Waals surface area (Å²) in [6, 6.07) is 0. The summed E-state index contributed by atoms with van der Waals surface area (Å²) in [6.45, 7) is 10.8. The van der Waals surface area contributed by atoms with Crippen LogP contribution in [0.3, 0.4) is 0 Å². The average molecular weight is 310 g/mol. The van der Waals surface area contributed by atoms with E-state index in [-0.39, 0.29) is 12.4 Å². The topological polar surface area (TPSA) is 23.8 Å². The van der Waals surface area contributed by atoms with Crippen LogP contribution < -0.4 is 12.4 Å².